The van der Waals surface area contributed by atoms with Gasteiger partial charge in [0.25, 0.3) is 5.91 Å². The highest BCUT2D eigenvalue weighted by molar-refractivity contribution is 6.07. The fourth-order valence-corrected chi connectivity index (χ4v) is 3.73. The van der Waals surface area contributed by atoms with Gasteiger partial charge in [0.1, 0.15) is 0 Å². The van der Waals surface area contributed by atoms with Crippen LogP contribution in [0.2, 0.25) is 0 Å². The molecule has 7 heteroatoms. The van der Waals surface area contributed by atoms with Gasteiger partial charge in [-0.05, 0) is 30.5 Å². The number of hydrogen-bond acceptors (Lipinski definition) is 3. The summed E-state index contributed by atoms with van der Waals surface area (Å²) in [6, 6.07) is 15.2. The number of anilines is 1. The van der Waals surface area contributed by atoms with Crippen LogP contribution in [0.15, 0.2) is 54.7 Å². The number of amides is 3. The van der Waals surface area contributed by atoms with E-state index in [0.29, 0.717) is 18.4 Å². The maximum atomic E-state index is 12.5. The number of benzene rings is 2. The molecule has 0 saturated carbocycles. The Morgan fingerprint density at radius 3 is 2.72 bits per heavy atom. The first kappa shape index (κ1) is 18.7. The monoisotopic (exact) mass is 390 g/mol. The largest absolute Gasteiger partial charge is 0.350 e. The van der Waals surface area contributed by atoms with Gasteiger partial charge in [-0.25, -0.2) is 0 Å². The zero-order valence-corrected chi connectivity index (χ0v) is 16.1. The first-order valence-corrected chi connectivity index (χ1v) is 9.55. The second kappa shape index (κ2) is 7.79. The van der Waals surface area contributed by atoms with Crippen LogP contribution in [-0.2, 0) is 23.1 Å². The fraction of sp³-hybridized carbons (Fsp3) is 0.227. The number of nitrogens with zero attached hydrogens (tertiary/aromatic N) is 1. The maximum Gasteiger partial charge on any atom is 0.271 e. The quantitative estimate of drug-likeness (QED) is 0.598. The summed E-state index contributed by atoms with van der Waals surface area (Å²) in [7, 11) is 1.87. The molecule has 0 radical (unpaired) electrons. The van der Waals surface area contributed by atoms with Gasteiger partial charge in [0.15, 0.2) is 0 Å². The highest BCUT2D eigenvalue weighted by Crippen LogP contribution is 2.27. The lowest BCUT2D eigenvalue weighted by Gasteiger charge is -2.24. The Bertz CT molecular complexity index is 1100. The van der Waals surface area contributed by atoms with E-state index in [4.69, 9.17) is 0 Å². The van der Waals surface area contributed by atoms with Gasteiger partial charge in [-0.15, -0.1) is 0 Å². The second-order valence-electron chi connectivity index (χ2n) is 7.26. The summed E-state index contributed by atoms with van der Waals surface area (Å²) < 4.78 is 1.87. The second-order valence-corrected chi connectivity index (χ2v) is 7.26. The van der Waals surface area contributed by atoms with Gasteiger partial charge >= 0.3 is 0 Å². The van der Waals surface area contributed by atoms with Crippen molar-refractivity contribution in [3.05, 3.63) is 65.9 Å². The molecule has 1 atom stereocenters. The summed E-state index contributed by atoms with van der Waals surface area (Å²) in [6.45, 7) is 0. The number of nitrogens with one attached hydrogen (secondary N) is 3. The lowest BCUT2D eigenvalue weighted by molar-refractivity contribution is -0.123. The van der Waals surface area contributed by atoms with Crippen LogP contribution in [0.1, 0.15) is 28.8 Å². The Morgan fingerprint density at radius 2 is 1.86 bits per heavy atom. The average Bonchev–Trinajstić information content (AvgIpc) is 3.07. The van der Waals surface area contributed by atoms with E-state index >= 15 is 0 Å². The lowest BCUT2D eigenvalue weighted by atomic mass is 9.89. The van der Waals surface area contributed by atoms with Crippen molar-refractivity contribution >= 4 is 34.3 Å². The van der Waals surface area contributed by atoms with Gasteiger partial charge in [-0.3, -0.25) is 25.2 Å². The van der Waals surface area contributed by atoms with Gasteiger partial charge in [0.2, 0.25) is 11.8 Å². The maximum absolute atomic E-state index is 12.5. The topological polar surface area (TPSA) is 92.2 Å². The molecule has 0 spiro atoms. The summed E-state index contributed by atoms with van der Waals surface area (Å²) in [6.07, 6.45) is 2.90. The third-order valence-corrected chi connectivity index (χ3v) is 5.29. The third-order valence-electron chi connectivity index (χ3n) is 5.29. The standard InChI is InChI=1S/C22H22N4O3/c1-26-13-17(16-7-3-5-9-19(16)26)22(29)25-24-20(27)11-10-15-12-14-6-2-4-8-18(14)23-21(15)28/h2-9,13,15H,10-12H2,1H3,(H,23,28)(H,24,27)(H,25,29). The molecule has 3 aromatic rings. The minimum absolute atomic E-state index is 0.0729. The SMILES string of the molecule is Cn1cc(C(=O)NNC(=O)CCC2Cc3ccccc3NC2=O)c2ccccc21. The molecule has 4 rings (SSSR count). The lowest BCUT2D eigenvalue weighted by Crippen LogP contribution is -2.42. The number of hydrazine groups is 1. The highest BCUT2D eigenvalue weighted by Gasteiger charge is 2.26. The Hall–Kier alpha value is -3.61. The van der Waals surface area contributed by atoms with E-state index in [-0.39, 0.29) is 30.1 Å². The van der Waals surface area contributed by atoms with E-state index in [1.54, 1.807) is 6.20 Å². The van der Waals surface area contributed by atoms with Crippen LogP contribution >= 0.6 is 0 Å². The summed E-state index contributed by atoms with van der Waals surface area (Å²) in [5, 5.41) is 3.70. The first-order chi connectivity index (χ1) is 14.0. The molecule has 1 aromatic heterocycles. The zero-order chi connectivity index (χ0) is 20.4. The number of para-hydroxylation sites is 2. The molecule has 1 unspecified atom stereocenters. The van der Waals surface area contributed by atoms with Crippen molar-refractivity contribution in [1.82, 2.24) is 15.4 Å². The normalized spacial score (nSPS) is 15.5. The number of rotatable bonds is 4. The first-order valence-electron chi connectivity index (χ1n) is 9.55. The van der Waals surface area contributed by atoms with Crippen molar-refractivity contribution in [3.63, 3.8) is 0 Å². The van der Waals surface area contributed by atoms with Crippen LogP contribution in [0.3, 0.4) is 0 Å². The Labute approximate surface area is 168 Å². The van der Waals surface area contributed by atoms with E-state index in [1.807, 2.05) is 60.1 Å². The minimum atomic E-state index is -0.375. The predicted octanol–water partition coefficient (Wildman–Crippen LogP) is 2.53. The molecule has 0 aliphatic carbocycles. The van der Waals surface area contributed by atoms with E-state index in [2.05, 4.69) is 16.2 Å². The number of aryl methyl sites for hydroxylation is 1. The molecule has 3 N–H and O–H groups in total. The van der Waals surface area contributed by atoms with E-state index in [1.165, 1.54) is 0 Å². The number of fused-ring (bicyclic) bond motifs is 2. The van der Waals surface area contributed by atoms with Crippen LogP contribution in [0.25, 0.3) is 10.9 Å². The molecular weight excluding hydrogens is 368 g/mol. The summed E-state index contributed by atoms with van der Waals surface area (Å²) in [5.74, 6) is -1.04. The Morgan fingerprint density at radius 1 is 1.10 bits per heavy atom. The zero-order valence-electron chi connectivity index (χ0n) is 16.1. The molecule has 148 valence electrons. The van der Waals surface area contributed by atoms with Gasteiger partial charge in [-0.1, -0.05) is 36.4 Å². The van der Waals surface area contributed by atoms with Crippen molar-refractivity contribution in [2.75, 3.05) is 5.32 Å². The smallest absolute Gasteiger partial charge is 0.271 e. The van der Waals surface area contributed by atoms with E-state index < -0.39 is 0 Å². The van der Waals surface area contributed by atoms with Crippen LogP contribution < -0.4 is 16.2 Å². The third kappa shape index (κ3) is 3.85. The molecular formula is C22H22N4O3. The van der Waals surface area contributed by atoms with E-state index in [0.717, 1.165) is 22.2 Å². The number of carbonyl (C=O) groups is 3. The van der Waals surface area contributed by atoms with Crippen LogP contribution in [0, 0.1) is 5.92 Å². The molecule has 0 saturated heterocycles. The summed E-state index contributed by atoms with van der Waals surface area (Å²) in [5.41, 5.74) is 8.25. The minimum Gasteiger partial charge on any atom is -0.350 e. The van der Waals surface area contributed by atoms with Gasteiger partial charge < -0.3 is 9.88 Å². The Balaban J connectivity index is 1.31. The van der Waals surface area contributed by atoms with Crippen molar-refractivity contribution < 1.29 is 14.4 Å². The highest BCUT2D eigenvalue weighted by atomic mass is 16.2. The molecule has 29 heavy (non-hydrogen) atoms. The molecule has 0 bridgehead atoms. The predicted molar refractivity (Wildman–Crippen MR) is 110 cm³/mol. The van der Waals surface area contributed by atoms with Crippen molar-refractivity contribution in [3.8, 4) is 0 Å². The van der Waals surface area contributed by atoms with Crippen molar-refractivity contribution in [2.24, 2.45) is 13.0 Å². The van der Waals surface area contributed by atoms with Crippen LogP contribution in [-0.4, -0.2) is 22.3 Å². The van der Waals surface area contributed by atoms with Gasteiger partial charge in [0, 0.05) is 42.2 Å². The number of hydrogen-bond donors (Lipinski definition) is 3. The van der Waals surface area contributed by atoms with Crippen molar-refractivity contribution in [2.45, 2.75) is 19.3 Å². The number of carbonyl (C=O) groups excluding carboxylic acids is 3. The van der Waals surface area contributed by atoms with Crippen molar-refractivity contribution in [1.29, 1.82) is 0 Å². The Kier molecular flexibility index (Phi) is 5.03. The summed E-state index contributed by atoms with van der Waals surface area (Å²) >= 11 is 0. The number of aromatic nitrogens is 1. The molecule has 1 aliphatic heterocycles. The van der Waals surface area contributed by atoms with E-state index in [9.17, 15) is 14.4 Å². The summed E-state index contributed by atoms with van der Waals surface area (Å²) in [4.78, 5) is 36.9. The van der Waals surface area contributed by atoms with Gasteiger partial charge in [0.05, 0.1) is 5.56 Å². The van der Waals surface area contributed by atoms with Crippen LogP contribution in [0.5, 0.6) is 0 Å². The average molecular weight is 390 g/mol. The molecule has 1 aliphatic rings. The fourth-order valence-electron chi connectivity index (χ4n) is 3.73. The molecule has 0 fully saturated rings. The molecule has 3 amide bonds. The molecule has 7 nitrogen and oxygen atoms in total. The molecule has 2 aromatic carbocycles. The molecule has 2 heterocycles. The van der Waals surface area contributed by atoms with Crippen LogP contribution in [0.4, 0.5) is 5.69 Å². The van der Waals surface area contributed by atoms with Gasteiger partial charge in [-0.2, -0.15) is 0 Å².